The van der Waals surface area contributed by atoms with Crippen LogP contribution in [0.15, 0.2) is 18.2 Å². The molecule has 3 saturated heterocycles. The number of halogens is 3. The Morgan fingerprint density at radius 3 is 2.50 bits per heavy atom. The van der Waals surface area contributed by atoms with Crippen LogP contribution in [0.3, 0.4) is 0 Å². The highest BCUT2D eigenvalue weighted by Gasteiger charge is 2.78. The number of carbonyl (C=O) groups excluding carboxylic acids is 2. The molecular formula is C19H14F3N3O3. The molecular weight excluding hydrogens is 375 g/mol. The van der Waals surface area contributed by atoms with Crippen molar-refractivity contribution in [3.63, 3.8) is 0 Å². The minimum absolute atomic E-state index is 0.235. The van der Waals surface area contributed by atoms with Crippen LogP contribution in [0.4, 0.5) is 18.9 Å². The molecule has 0 aromatic heterocycles. The second-order valence-electron chi connectivity index (χ2n) is 7.75. The van der Waals surface area contributed by atoms with E-state index >= 15 is 0 Å². The summed E-state index contributed by atoms with van der Waals surface area (Å²) >= 11 is 0. The Morgan fingerprint density at radius 1 is 1.29 bits per heavy atom. The number of amides is 2. The molecule has 28 heavy (non-hydrogen) atoms. The van der Waals surface area contributed by atoms with Gasteiger partial charge in [0.2, 0.25) is 11.8 Å². The summed E-state index contributed by atoms with van der Waals surface area (Å²) in [4.78, 5) is 30.4. The number of nitrogens with zero attached hydrogens (tertiary/aromatic N) is 3. The van der Waals surface area contributed by atoms with Crippen molar-refractivity contribution in [1.29, 1.82) is 5.26 Å². The molecule has 2 amide bonds. The zero-order valence-corrected chi connectivity index (χ0v) is 14.9. The van der Waals surface area contributed by atoms with Gasteiger partial charge in [-0.05, 0) is 32.0 Å². The summed E-state index contributed by atoms with van der Waals surface area (Å²) in [6, 6.07) is 3.61. The summed E-state index contributed by atoms with van der Waals surface area (Å²) in [6.07, 6.45) is -4.53. The van der Waals surface area contributed by atoms with E-state index in [9.17, 15) is 22.8 Å². The Labute approximate surface area is 158 Å². The smallest absolute Gasteiger partial charge is 0.359 e. The van der Waals surface area contributed by atoms with E-state index in [0.29, 0.717) is 6.07 Å². The van der Waals surface area contributed by atoms with E-state index in [1.54, 1.807) is 13.8 Å². The molecule has 3 aliphatic rings. The molecule has 0 saturated carbocycles. The van der Waals surface area contributed by atoms with Crippen molar-refractivity contribution in [2.45, 2.75) is 43.7 Å². The monoisotopic (exact) mass is 389 g/mol. The zero-order chi connectivity index (χ0) is 20.6. The number of benzene rings is 1. The molecule has 1 aromatic carbocycles. The van der Waals surface area contributed by atoms with Crippen LogP contribution in [0.2, 0.25) is 0 Å². The molecule has 1 aromatic rings. The first kappa shape index (κ1) is 18.5. The van der Waals surface area contributed by atoms with Gasteiger partial charge in [-0.3, -0.25) is 9.59 Å². The van der Waals surface area contributed by atoms with Gasteiger partial charge in [-0.25, -0.2) is 11.5 Å². The van der Waals surface area contributed by atoms with E-state index in [-0.39, 0.29) is 12.1 Å². The fourth-order valence-electron chi connectivity index (χ4n) is 4.95. The zero-order valence-electron chi connectivity index (χ0n) is 14.9. The largest absolute Gasteiger partial charge is 0.417 e. The number of rotatable bonds is 1. The van der Waals surface area contributed by atoms with Gasteiger partial charge in [0.25, 0.3) is 6.04 Å². The van der Waals surface area contributed by atoms with Crippen molar-refractivity contribution in [2.24, 2.45) is 11.8 Å². The molecule has 5 atom stereocenters. The van der Waals surface area contributed by atoms with Crippen molar-refractivity contribution in [2.75, 3.05) is 4.90 Å². The van der Waals surface area contributed by atoms with Gasteiger partial charge in [-0.15, -0.1) is 0 Å². The Bertz CT molecular complexity index is 1010. The standard InChI is InChI=1S/C19H14F3N3O3/c1-17-7-12(24-3)18(2,28-17)14-13(17)15(26)25(16(14)27)10-5-4-9(8-23)11(6-10)19(20,21)22/h4-6,12-14H,7H2,1-2H3/t12-,13-,14+,17?,18?/m1/s1. The maximum Gasteiger partial charge on any atom is 0.417 e. The summed E-state index contributed by atoms with van der Waals surface area (Å²) < 4.78 is 45.8. The molecule has 3 aliphatic heterocycles. The second kappa shape index (κ2) is 5.33. The Morgan fingerprint density at radius 2 is 1.93 bits per heavy atom. The van der Waals surface area contributed by atoms with Crippen LogP contribution in [0.1, 0.15) is 31.4 Å². The lowest BCUT2D eigenvalue weighted by Gasteiger charge is -2.28. The molecule has 0 radical (unpaired) electrons. The van der Waals surface area contributed by atoms with E-state index < -0.39 is 58.2 Å². The average Bonchev–Trinajstić information content (AvgIpc) is 3.14. The van der Waals surface area contributed by atoms with Crippen molar-refractivity contribution in [3.05, 3.63) is 40.7 Å². The number of anilines is 1. The topological polar surface area (TPSA) is 74.8 Å². The number of hydrogen-bond donors (Lipinski definition) is 0. The molecule has 0 spiro atoms. The first-order valence-electron chi connectivity index (χ1n) is 8.54. The quantitative estimate of drug-likeness (QED) is 0.547. The summed E-state index contributed by atoms with van der Waals surface area (Å²) in [5.74, 6) is -3.09. The molecule has 2 bridgehead atoms. The van der Waals surface area contributed by atoms with Crippen LogP contribution in [-0.4, -0.2) is 29.1 Å². The second-order valence-corrected chi connectivity index (χ2v) is 7.75. The van der Waals surface area contributed by atoms with Gasteiger partial charge in [0.15, 0.2) is 5.60 Å². The Kier molecular flexibility index (Phi) is 3.51. The van der Waals surface area contributed by atoms with Crippen LogP contribution < -0.4 is 4.90 Å². The van der Waals surface area contributed by atoms with E-state index in [2.05, 4.69) is 4.85 Å². The lowest BCUT2D eigenvalue weighted by atomic mass is 9.67. The number of nitriles is 1. The molecule has 3 fully saturated rings. The summed E-state index contributed by atoms with van der Waals surface area (Å²) in [7, 11) is 0. The number of alkyl halides is 3. The van der Waals surface area contributed by atoms with Crippen LogP contribution in [-0.2, 0) is 20.5 Å². The van der Waals surface area contributed by atoms with Crippen molar-refractivity contribution in [1.82, 2.24) is 0 Å². The van der Waals surface area contributed by atoms with Crippen molar-refractivity contribution < 1.29 is 27.5 Å². The maximum absolute atomic E-state index is 13.3. The summed E-state index contributed by atoms with van der Waals surface area (Å²) in [5.41, 5.74) is -4.22. The lowest BCUT2D eigenvalue weighted by molar-refractivity contribution is -0.138. The first-order chi connectivity index (χ1) is 13.0. The van der Waals surface area contributed by atoms with Gasteiger partial charge >= 0.3 is 6.18 Å². The third kappa shape index (κ3) is 2.11. The molecule has 6 nitrogen and oxygen atoms in total. The number of imide groups is 1. The van der Waals surface area contributed by atoms with Gasteiger partial charge in [0.05, 0.1) is 46.7 Å². The highest BCUT2D eigenvalue weighted by Crippen LogP contribution is 2.61. The van der Waals surface area contributed by atoms with Crippen LogP contribution in [0.25, 0.3) is 4.85 Å². The van der Waals surface area contributed by atoms with Crippen molar-refractivity contribution in [3.8, 4) is 6.07 Å². The molecule has 9 heteroatoms. The number of hydrogen-bond acceptors (Lipinski definition) is 4. The van der Waals surface area contributed by atoms with Gasteiger partial charge in [-0.2, -0.15) is 18.4 Å². The third-order valence-corrected chi connectivity index (χ3v) is 6.14. The Hall–Kier alpha value is -2.91. The predicted molar refractivity (Wildman–Crippen MR) is 88.5 cm³/mol. The van der Waals surface area contributed by atoms with Crippen molar-refractivity contribution >= 4 is 17.5 Å². The van der Waals surface area contributed by atoms with E-state index in [4.69, 9.17) is 16.6 Å². The molecule has 144 valence electrons. The maximum atomic E-state index is 13.3. The SMILES string of the molecule is [C-]#[N+][C@@H]1CC2(C)OC1(C)[C@@H]1C(=O)N(c3ccc(C#N)c(C(F)(F)F)c3)C(=O)[C@@H]12. The van der Waals surface area contributed by atoms with Gasteiger partial charge in [-0.1, -0.05) is 0 Å². The molecule has 2 unspecified atom stereocenters. The lowest BCUT2D eigenvalue weighted by Crippen LogP contribution is -2.47. The number of ether oxygens (including phenoxy) is 1. The average molecular weight is 389 g/mol. The minimum atomic E-state index is -4.81. The van der Waals surface area contributed by atoms with Crippen LogP contribution >= 0.6 is 0 Å². The normalized spacial score (nSPS) is 36.4. The first-order valence-corrected chi connectivity index (χ1v) is 8.54. The molecule has 0 N–H and O–H groups in total. The van der Waals surface area contributed by atoms with Gasteiger partial charge < -0.3 is 9.58 Å². The minimum Gasteiger partial charge on any atom is -0.359 e. The summed E-state index contributed by atoms with van der Waals surface area (Å²) in [5, 5.41) is 8.93. The van der Waals surface area contributed by atoms with E-state index in [1.807, 2.05) is 0 Å². The predicted octanol–water partition coefficient (Wildman–Crippen LogP) is 2.92. The molecule has 3 heterocycles. The fourth-order valence-corrected chi connectivity index (χ4v) is 4.95. The van der Waals surface area contributed by atoms with Gasteiger partial charge in [0.1, 0.15) is 0 Å². The fraction of sp³-hybridized carbons (Fsp3) is 0.474. The Balaban J connectivity index is 1.81. The molecule has 4 rings (SSSR count). The highest BCUT2D eigenvalue weighted by atomic mass is 19.4. The van der Waals surface area contributed by atoms with Crippen LogP contribution in [0.5, 0.6) is 0 Å². The van der Waals surface area contributed by atoms with E-state index in [0.717, 1.165) is 17.0 Å². The van der Waals surface area contributed by atoms with E-state index in [1.165, 1.54) is 6.07 Å². The number of carbonyl (C=O) groups is 2. The number of fused-ring (bicyclic) bond motifs is 5. The third-order valence-electron chi connectivity index (χ3n) is 6.14. The van der Waals surface area contributed by atoms with Gasteiger partial charge in [0, 0.05) is 0 Å². The summed E-state index contributed by atoms with van der Waals surface area (Å²) in [6.45, 7) is 10.6. The highest BCUT2D eigenvalue weighted by molar-refractivity contribution is 6.23. The van der Waals surface area contributed by atoms with Crippen LogP contribution in [0, 0.1) is 29.7 Å². The molecule has 0 aliphatic carbocycles.